The Balaban J connectivity index is 1.77. The fraction of sp³-hybridized carbons (Fsp3) is 0.278. The van der Waals surface area contributed by atoms with E-state index >= 15 is 0 Å². The maximum absolute atomic E-state index is 13.0. The van der Waals surface area contributed by atoms with Crippen molar-refractivity contribution in [2.45, 2.75) is 13.0 Å². The molecule has 1 fully saturated rings. The summed E-state index contributed by atoms with van der Waals surface area (Å²) in [4.78, 5) is 14.5. The van der Waals surface area contributed by atoms with Gasteiger partial charge in [0.1, 0.15) is 11.9 Å². The largest absolute Gasteiger partial charge is 0.370 e. The summed E-state index contributed by atoms with van der Waals surface area (Å²) >= 11 is 0. The molecule has 1 unspecified atom stereocenters. The third-order valence-electron chi connectivity index (χ3n) is 3.97. The van der Waals surface area contributed by atoms with E-state index in [-0.39, 0.29) is 17.8 Å². The number of carbonyl (C=O) groups is 1. The van der Waals surface area contributed by atoms with Gasteiger partial charge in [-0.15, -0.1) is 0 Å². The highest BCUT2D eigenvalue weighted by Crippen LogP contribution is 2.24. The van der Waals surface area contributed by atoms with Gasteiger partial charge >= 0.3 is 0 Å². The lowest BCUT2D eigenvalue weighted by Gasteiger charge is -2.33. The van der Waals surface area contributed by atoms with Crippen LogP contribution < -0.4 is 0 Å². The van der Waals surface area contributed by atoms with Gasteiger partial charge in [0.05, 0.1) is 13.2 Å². The van der Waals surface area contributed by atoms with Crippen molar-refractivity contribution in [2.75, 3.05) is 19.7 Å². The SMILES string of the molecule is Cc1ccccc1C(=O)N1CCOC(c2ccc(F)cc2)C1. The summed E-state index contributed by atoms with van der Waals surface area (Å²) in [5.41, 5.74) is 2.59. The molecular weight excluding hydrogens is 281 g/mol. The Kier molecular flexibility index (Phi) is 4.20. The highest BCUT2D eigenvalue weighted by atomic mass is 19.1. The molecule has 0 bridgehead atoms. The van der Waals surface area contributed by atoms with Gasteiger partial charge in [-0.2, -0.15) is 0 Å². The highest BCUT2D eigenvalue weighted by Gasteiger charge is 2.26. The molecule has 0 aliphatic carbocycles. The van der Waals surface area contributed by atoms with Crippen molar-refractivity contribution in [3.8, 4) is 0 Å². The summed E-state index contributed by atoms with van der Waals surface area (Å²) in [6.45, 7) is 3.48. The third-order valence-corrected chi connectivity index (χ3v) is 3.97. The van der Waals surface area contributed by atoms with Crippen LogP contribution in [0, 0.1) is 12.7 Å². The Bertz CT molecular complexity index is 669. The molecule has 3 nitrogen and oxygen atoms in total. The Labute approximate surface area is 129 Å². The topological polar surface area (TPSA) is 29.5 Å². The molecule has 2 aromatic carbocycles. The van der Waals surface area contributed by atoms with Crippen LogP contribution >= 0.6 is 0 Å². The van der Waals surface area contributed by atoms with Gasteiger partial charge in [-0.05, 0) is 36.2 Å². The zero-order chi connectivity index (χ0) is 15.5. The summed E-state index contributed by atoms with van der Waals surface area (Å²) in [5.74, 6) is -0.249. The number of ether oxygens (including phenoxy) is 1. The van der Waals surface area contributed by atoms with Gasteiger partial charge in [-0.25, -0.2) is 4.39 Å². The van der Waals surface area contributed by atoms with Crippen molar-refractivity contribution in [1.29, 1.82) is 0 Å². The molecule has 1 aliphatic heterocycles. The van der Waals surface area contributed by atoms with Gasteiger partial charge < -0.3 is 9.64 Å². The minimum Gasteiger partial charge on any atom is -0.370 e. The molecule has 1 amide bonds. The van der Waals surface area contributed by atoms with Crippen LogP contribution in [0.3, 0.4) is 0 Å². The van der Waals surface area contributed by atoms with E-state index in [1.54, 1.807) is 17.0 Å². The van der Waals surface area contributed by atoms with E-state index < -0.39 is 0 Å². The van der Waals surface area contributed by atoms with Crippen LogP contribution in [0.5, 0.6) is 0 Å². The van der Waals surface area contributed by atoms with E-state index in [1.165, 1.54) is 12.1 Å². The van der Waals surface area contributed by atoms with Gasteiger partial charge in [0.15, 0.2) is 0 Å². The molecule has 0 N–H and O–H groups in total. The predicted octanol–water partition coefficient (Wildman–Crippen LogP) is 3.35. The fourth-order valence-corrected chi connectivity index (χ4v) is 2.70. The van der Waals surface area contributed by atoms with Crippen molar-refractivity contribution < 1.29 is 13.9 Å². The normalized spacial score (nSPS) is 18.3. The fourth-order valence-electron chi connectivity index (χ4n) is 2.70. The number of hydrogen-bond acceptors (Lipinski definition) is 2. The molecular formula is C18H18FNO2. The lowest BCUT2D eigenvalue weighted by Crippen LogP contribution is -2.42. The summed E-state index contributed by atoms with van der Waals surface area (Å²) in [6, 6.07) is 13.8. The smallest absolute Gasteiger partial charge is 0.254 e. The molecule has 1 atom stereocenters. The summed E-state index contributed by atoms with van der Waals surface area (Å²) in [7, 11) is 0. The molecule has 1 aliphatic rings. The average Bonchev–Trinajstić information content (AvgIpc) is 2.55. The quantitative estimate of drug-likeness (QED) is 0.851. The molecule has 4 heteroatoms. The zero-order valence-electron chi connectivity index (χ0n) is 12.5. The van der Waals surface area contributed by atoms with Crippen LogP contribution in [0.2, 0.25) is 0 Å². The molecule has 114 valence electrons. The van der Waals surface area contributed by atoms with Crippen LogP contribution in [0.4, 0.5) is 4.39 Å². The number of rotatable bonds is 2. The molecule has 0 aromatic heterocycles. The van der Waals surface area contributed by atoms with Gasteiger partial charge in [0.25, 0.3) is 5.91 Å². The molecule has 0 spiro atoms. The number of morpholine rings is 1. The van der Waals surface area contributed by atoms with Crippen molar-refractivity contribution in [3.05, 3.63) is 71.0 Å². The summed E-state index contributed by atoms with van der Waals surface area (Å²) in [6.07, 6.45) is -0.206. The summed E-state index contributed by atoms with van der Waals surface area (Å²) < 4.78 is 18.8. The maximum Gasteiger partial charge on any atom is 0.254 e. The van der Waals surface area contributed by atoms with E-state index in [9.17, 15) is 9.18 Å². The van der Waals surface area contributed by atoms with Crippen LogP contribution in [-0.2, 0) is 4.74 Å². The Morgan fingerprint density at radius 1 is 1.18 bits per heavy atom. The third kappa shape index (κ3) is 3.02. The van der Waals surface area contributed by atoms with Crippen molar-refractivity contribution in [2.24, 2.45) is 0 Å². The zero-order valence-corrected chi connectivity index (χ0v) is 12.5. The number of benzene rings is 2. The minimum absolute atomic E-state index is 0.0218. The van der Waals surface area contributed by atoms with Crippen LogP contribution in [0.15, 0.2) is 48.5 Å². The van der Waals surface area contributed by atoms with Crippen molar-refractivity contribution in [1.82, 2.24) is 4.90 Å². The average molecular weight is 299 g/mol. The first-order valence-corrected chi connectivity index (χ1v) is 7.37. The van der Waals surface area contributed by atoms with Crippen LogP contribution in [0.25, 0.3) is 0 Å². The van der Waals surface area contributed by atoms with E-state index in [2.05, 4.69) is 0 Å². The van der Waals surface area contributed by atoms with Crippen molar-refractivity contribution in [3.63, 3.8) is 0 Å². The van der Waals surface area contributed by atoms with Gasteiger partial charge in [0.2, 0.25) is 0 Å². The number of aryl methyl sites for hydroxylation is 1. The molecule has 0 saturated carbocycles. The monoisotopic (exact) mass is 299 g/mol. The number of hydrogen-bond donors (Lipinski definition) is 0. The number of halogens is 1. The first-order valence-electron chi connectivity index (χ1n) is 7.37. The lowest BCUT2D eigenvalue weighted by molar-refractivity contribution is -0.0228. The standard InChI is InChI=1S/C18H18FNO2/c1-13-4-2-3-5-16(13)18(21)20-10-11-22-17(12-20)14-6-8-15(19)9-7-14/h2-9,17H,10-12H2,1H3. The van der Waals surface area contributed by atoms with E-state index in [4.69, 9.17) is 4.74 Å². The first kappa shape index (κ1) is 14.7. The van der Waals surface area contributed by atoms with Gasteiger partial charge in [0, 0.05) is 12.1 Å². The Morgan fingerprint density at radius 3 is 2.64 bits per heavy atom. The van der Waals surface area contributed by atoms with Crippen LogP contribution in [-0.4, -0.2) is 30.5 Å². The Hall–Kier alpha value is -2.20. The minimum atomic E-state index is -0.271. The summed E-state index contributed by atoms with van der Waals surface area (Å²) in [5, 5.41) is 0. The molecule has 22 heavy (non-hydrogen) atoms. The van der Waals surface area contributed by atoms with E-state index in [1.807, 2.05) is 31.2 Å². The maximum atomic E-state index is 13.0. The predicted molar refractivity (Wildman–Crippen MR) is 82.2 cm³/mol. The van der Waals surface area contributed by atoms with E-state index in [0.717, 1.165) is 16.7 Å². The molecule has 1 saturated heterocycles. The second-order valence-corrected chi connectivity index (χ2v) is 5.48. The second-order valence-electron chi connectivity index (χ2n) is 5.48. The molecule has 2 aromatic rings. The van der Waals surface area contributed by atoms with Crippen LogP contribution in [0.1, 0.15) is 27.6 Å². The Morgan fingerprint density at radius 2 is 1.91 bits per heavy atom. The number of nitrogens with zero attached hydrogens (tertiary/aromatic N) is 1. The molecule has 3 rings (SSSR count). The highest BCUT2D eigenvalue weighted by molar-refractivity contribution is 5.95. The second kappa shape index (κ2) is 6.28. The van der Waals surface area contributed by atoms with Crippen molar-refractivity contribution >= 4 is 5.91 Å². The first-order chi connectivity index (χ1) is 10.6. The molecule has 0 radical (unpaired) electrons. The number of amides is 1. The number of carbonyl (C=O) groups excluding carboxylic acids is 1. The van der Waals surface area contributed by atoms with Gasteiger partial charge in [-0.1, -0.05) is 30.3 Å². The van der Waals surface area contributed by atoms with E-state index in [0.29, 0.717) is 19.7 Å². The van der Waals surface area contributed by atoms with Gasteiger partial charge in [-0.3, -0.25) is 4.79 Å². The molecule has 1 heterocycles. The lowest BCUT2D eigenvalue weighted by atomic mass is 10.0.